The third-order valence-corrected chi connectivity index (χ3v) is 3.14. The monoisotopic (exact) mass is 220 g/mol. The molecule has 1 heteroatoms. The molecule has 3 aromatic rings. The molecular formula is C16H12O. The van der Waals surface area contributed by atoms with E-state index in [9.17, 15) is 4.79 Å². The smallest absolute Gasteiger partial charge is 0.124 e. The standard InChI is InChI=1S/C16H12O/c17-9-8-12-6-3-7-15-10-13-4-1-2-5-14(13)11-16(12)15/h1-7,9-11H,8H2. The molecule has 3 aromatic carbocycles. The predicted molar refractivity (Wildman–Crippen MR) is 71.2 cm³/mol. The summed E-state index contributed by atoms with van der Waals surface area (Å²) in [6.07, 6.45) is 1.44. The van der Waals surface area contributed by atoms with Gasteiger partial charge in [0.2, 0.25) is 0 Å². The van der Waals surface area contributed by atoms with Crippen LogP contribution in [0.15, 0.2) is 54.6 Å². The first-order chi connectivity index (χ1) is 8.38. The van der Waals surface area contributed by atoms with Crippen LogP contribution in [0.2, 0.25) is 0 Å². The van der Waals surface area contributed by atoms with E-state index in [4.69, 9.17) is 0 Å². The summed E-state index contributed by atoms with van der Waals surface area (Å²) in [5.41, 5.74) is 1.10. The molecule has 0 saturated heterocycles. The van der Waals surface area contributed by atoms with E-state index >= 15 is 0 Å². The minimum absolute atomic E-state index is 0.482. The molecule has 0 N–H and O–H groups in total. The van der Waals surface area contributed by atoms with Crippen molar-refractivity contribution >= 4 is 27.8 Å². The zero-order valence-electron chi connectivity index (χ0n) is 9.39. The molecule has 0 aliphatic heterocycles. The maximum Gasteiger partial charge on any atom is 0.124 e. The van der Waals surface area contributed by atoms with Crippen LogP contribution >= 0.6 is 0 Å². The van der Waals surface area contributed by atoms with Crippen molar-refractivity contribution in [2.24, 2.45) is 0 Å². The van der Waals surface area contributed by atoms with Crippen LogP contribution in [0.5, 0.6) is 0 Å². The Labute approximate surface area is 99.7 Å². The normalized spacial score (nSPS) is 10.8. The first kappa shape index (κ1) is 10.0. The first-order valence-electron chi connectivity index (χ1n) is 5.72. The summed E-state index contributed by atoms with van der Waals surface area (Å²) in [6, 6.07) is 18.8. The molecule has 0 aliphatic carbocycles. The van der Waals surface area contributed by atoms with E-state index in [0.29, 0.717) is 6.42 Å². The van der Waals surface area contributed by atoms with Crippen molar-refractivity contribution in [3.63, 3.8) is 0 Å². The van der Waals surface area contributed by atoms with Gasteiger partial charge < -0.3 is 4.79 Å². The van der Waals surface area contributed by atoms with Gasteiger partial charge in [-0.3, -0.25) is 0 Å². The summed E-state index contributed by atoms with van der Waals surface area (Å²) in [5.74, 6) is 0. The average Bonchev–Trinajstić information content (AvgIpc) is 2.37. The molecule has 0 atom stereocenters. The Morgan fingerprint density at radius 1 is 0.824 bits per heavy atom. The molecule has 17 heavy (non-hydrogen) atoms. The van der Waals surface area contributed by atoms with Crippen LogP contribution in [-0.4, -0.2) is 6.29 Å². The van der Waals surface area contributed by atoms with Crippen LogP contribution in [0, 0.1) is 0 Å². The molecule has 3 rings (SSSR count). The lowest BCUT2D eigenvalue weighted by molar-refractivity contribution is -0.107. The van der Waals surface area contributed by atoms with Crippen LogP contribution in [-0.2, 0) is 11.2 Å². The van der Waals surface area contributed by atoms with Gasteiger partial charge in [0.15, 0.2) is 0 Å². The largest absolute Gasteiger partial charge is 0.303 e. The Kier molecular flexibility index (Phi) is 2.37. The van der Waals surface area contributed by atoms with Gasteiger partial charge in [0.1, 0.15) is 6.29 Å². The Balaban J connectivity index is 2.39. The van der Waals surface area contributed by atoms with E-state index in [2.05, 4.69) is 30.3 Å². The van der Waals surface area contributed by atoms with Crippen LogP contribution < -0.4 is 0 Å². The summed E-state index contributed by atoms with van der Waals surface area (Å²) in [5, 5.41) is 4.84. The second-order valence-electron chi connectivity index (χ2n) is 4.21. The molecular weight excluding hydrogens is 208 g/mol. The molecule has 0 unspecified atom stereocenters. The second-order valence-corrected chi connectivity index (χ2v) is 4.21. The van der Waals surface area contributed by atoms with Gasteiger partial charge in [-0.05, 0) is 39.2 Å². The Morgan fingerprint density at radius 3 is 2.29 bits per heavy atom. The third kappa shape index (κ3) is 1.70. The summed E-state index contributed by atoms with van der Waals surface area (Å²) in [6.45, 7) is 0. The fraction of sp³-hybridized carbons (Fsp3) is 0.0625. The molecule has 0 saturated carbocycles. The average molecular weight is 220 g/mol. The van der Waals surface area contributed by atoms with Crippen molar-refractivity contribution < 1.29 is 4.79 Å². The maximum atomic E-state index is 10.7. The second kappa shape index (κ2) is 4.02. The zero-order valence-corrected chi connectivity index (χ0v) is 9.39. The summed E-state index contributed by atoms with van der Waals surface area (Å²) in [7, 11) is 0. The fourth-order valence-corrected chi connectivity index (χ4v) is 2.30. The van der Waals surface area contributed by atoms with Crippen molar-refractivity contribution in [2.45, 2.75) is 6.42 Å². The lowest BCUT2D eigenvalue weighted by Gasteiger charge is -2.06. The van der Waals surface area contributed by atoms with Crippen LogP contribution in [0.25, 0.3) is 21.5 Å². The SMILES string of the molecule is O=CCc1cccc2cc3ccccc3cc12. The number of hydrogen-bond donors (Lipinski definition) is 0. The number of rotatable bonds is 2. The summed E-state index contributed by atoms with van der Waals surface area (Å²) < 4.78 is 0. The van der Waals surface area contributed by atoms with Crippen molar-refractivity contribution in [3.05, 3.63) is 60.2 Å². The predicted octanol–water partition coefficient (Wildman–Crippen LogP) is 3.73. The molecule has 0 heterocycles. The topological polar surface area (TPSA) is 17.1 Å². The number of carbonyl (C=O) groups excluding carboxylic acids is 1. The lowest BCUT2D eigenvalue weighted by atomic mass is 9.98. The highest BCUT2D eigenvalue weighted by atomic mass is 16.1. The van der Waals surface area contributed by atoms with E-state index < -0.39 is 0 Å². The number of benzene rings is 3. The van der Waals surface area contributed by atoms with Crippen molar-refractivity contribution in [2.75, 3.05) is 0 Å². The lowest BCUT2D eigenvalue weighted by Crippen LogP contribution is -1.88. The van der Waals surface area contributed by atoms with E-state index in [0.717, 1.165) is 11.8 Å². The third-order valence-electron chi connectivity index (χ3n) is 3.14. The van der Waals surface area contributed by atoms with E-state index in [-0.39, 0.29) is 0 Å². The van der Waals surface area contributed by atoms with Gasteiger partial charge in [-0.15, -0.1) is 0 Å². The quantitative estimate of drug-likeness (QED) is 0.475. The summed E-state index contributed by atoms with van der Waals surface area (Å²) in [4.78, 5) is 10.7. The minimum atomic E-state index is 0.482. The van der Waals surface area contributed by atoms with Crippen LogP contribution in [0.4, 0.5) is 0 Å². The molecule has 0 aromatic heterocycles. The van der Waals surface area contributed by atoms with Crippen LogP contribution in [0.3, 0.4) is 0 Å². The van der Waals surface area contributed by atoms with E-state index in [1.807, 2.05) is 24.3 Å². The number of aldehydes is 1. The van der Waals surface area contributed by atoms with Gasteiger partial charge in [-0.1, -0.05) is 42.5 Å². The van der Waals surface area contributed by atoms with E-state index in [1.54, 1.807) is 0 Å². The van der Waals surface area contributed by atoms with Gasteiger partial charge in [0.05, 0.1) is 0 Å². The number of carbonyl (C=O) groups is 1. The molecule has 0 fully saturated rings. The van der Waals surface area contributed by atoms with Crippen molar-refractivity contribution in [1.82, 2.24) is 0 Å². The number of fused-ring (bicyclic) bond motifs is 2. The van der Waals surface area contributed by atoms with Gasteiger partial charge >= 0.3 is 0 Å². The highest BCUT2D eigenvalue weighted by molar-refractivity contribution is 6.00. The Morgan fingerprint density at radius 2 is 1.53 bits per heavy atom. The molecule has 0 bridgehead atoms. The Hall–Kier alpha value is -2.15. The fourth-order valence-electron chi connectivity index (χ4n) is 2.30. The highest BCUT2D eigenvalue weighted by Gasteiger charge is 2.02. The number of hydrogen-bond acceptors (Lipinski definition) is 1. The first-order valence-corrected chi connectivity index (χ1v) is 5.72. The minimum Gasteiger partial charge on any atom is -0.303 e. The van der Waals surface area contributed by atoms with E-state index in [1.165, 1.54) is 21.5 Å². The molecule has 82 valence electrons. The molecule has 0 aliphatic rings. The van der Waals surface area contributed by atoms with Gasteiger partial charge in [0, 0.05) is 6.42 Å². The molecule has 0 radical (unpaired) electrons. The van der Waals surface area contributed by atoms with Crippen molar-refractivity contribution in [1.29, 1.82) is 0 Å². The maximum absolute atomic E-state index is 10.7. The zero-order chi connectivity index (χ0) is 11.7. The van der Waals surface area contributed by atoms with Gasteiger partial charge in [0.25, 0.3) is 0 Å². The summed E-state index contributed by atoms with van der Waals surface area (Å²) >= 11 is 0. The van der Waals surface area contributed by atoms with Gasteiger partial charge in [-0.25, -0.2) is 0 Å². The molecule has 1 nitrogen and oxygen atoms in total. The highest BCUT2D eigenvalue weighted by Crippen LogP contribution is 2.25. The van der Waals surface area contributed by atoms with Crippen molar-refractivity contribution in [3.8, 4) is 0 Å². The Bertz CT molecular complexity index is 698. The van der Waals surface area contributed by atoms with Crippen LogP contribution in [0.1, 0.15) is 5.56 Å². The molecule has 0 spiro atoms. The van der Waals surface area contributed by atoms with Gasteiger partial charge in [-0.2, -0.15) is 0 Å². The molecule has 0 amide bonds.